The van der Waals surface area contributed by atoms with Gasteiger partial charge in [0.2, 0.25) is 0 Å². The molecule has 8 nitrogen and oxygen atoms in total. The molecule has 0 fully saturated rings. The summed E-state index contributed by atoms with van der Waals surface area (Å²) >= 11 is 0. The summed E-state index contributed by atoms with van der Waals surface area (Å²) in [5.74, 6) is -0.266. The first-order valence-electron chi connectivity index (χ1n) is 10.6. The number of pyridine rings is 1. The maximum absolute atomic E-state index is 13.7. The van der Waals surface area contributed by atoms with Gasteiger partial charge in [-0.15, -0.1) is 0 Å². The van der Waals surface area contributed by atoms with Crippen LogP contribution < -0.4 is 16.0 Å². The highest BCUT2D eigenvalue weighted by Crippen LogP contribution is 2.24. The highest BCUT2D eigenvalue weighted by molar-refractivity contribution is 5.99. The molecule has 0 bridgehead atoms. The lowest BCUT2D eigenvalue weighted by atomic mass is 9.99. The Morgan fingerprint density at radius 3 is 2.50 bits per heavy atom. The molecule has 2 heterocycles. The van der Waals surface area contributed by atoms with Crippen LogP contribution in [0.3, 0.4) is 0 Å². The number of hydrogen-bond donors (Lipinski definition) is 3. The van der Waals surface area contributed by atoms with Gasteiger partial charge in [-0.3, -0.25) is 5.32 Å². The van der Waals surface area contributed by atoms with Crippen molar-refractivity contribution >= 4 is 34.8 Å². The zero-order chi connectivity index (χ0) is 23.9. The Kier molecular flexibility index (Phi) is 6.79. The van der Waals surface area contributed by atoms with E-state index in [-0.39, 0.29) is 17.5 Å². The van der Waals surface area contributed by atoms with Gasteiger partial charge in [-0.2, -0.15) is 5.26 Å². The number of halogens is 1. The van der Waals surface area contributed by atoms with Crippen LogP contribution in [-0.2, 0) is 0 Å². The quantitative estimate of drug-likeness (QED) is 0.510. The van der Waals surface area contributed by atoms with Gasteiger partial charge in [-0.25, -0.2) is 19.0 Å². The molecule has 9 heteroatoms. The molecule has 1 aliphatic rings. The van der Waals surface area contributed by atoms with Gasteiger partial charge in [0.15, 0.2) is 5.82 Å². The molecule has 0 atom stereocenters. The predicted molar refractivity (Wildman–Crippen MR) is 128 cm³/mol. The number of aromatic nitrogens is 1. The van der Waals surface area contributed by atoms with Crippen molar-refractivity contribution in [2.45, 2.75) is 6.42 Å². The third-order valence-electron chi connectivity index (χ3n) is 5.29. The number of carbonyl (C=O) groups is 2. The maximum atomic E-state index is 13.7. The van der Waals surface area contributed by atoms with E-state index in [9.17, 15) is 14.0 Å². The summed E-state index contributed by atoms with van der Waals surface area (Å²) in [6.07, 6.45) is 4.15. The molecule has 4 amide bonds. The number of anilines is 3. The second-order valence-corrected chi connectivity index (χ2v) is 7.50. The number of nitrogens with one attached hydrogen (secondary N) is 3. The number of hydrogen-bond acceptors (Lipinski definition) is 4. The van der Waals surface area contributed by atoms with Crippen molar-refractivity contribution in [2.75, 3.05) is 29.0 Å². The van der Waals surface area contributed by atoms with Crippen molar-refractivity contribution < 1.29 is 14.0 Å². The number of nitriles is 1. The second-order valence-electron chi connectivity index (χ2n) is 7.50. The van der Waals surface area contributed by atoms with Crippen molar-refractivity contribution in [1.29, 1.82) is 5.26 Å². The first-order chi connectivity index (χ1) is 16.5. The number of carbonyl (C=O) groups excluding carboxylic acids is 2. The SMILES string of the molecule is N#Cc1cccnc1NC(=O)N1CC=C(c2ccc(NC(=O)Nc3ccccc3F)cc2)CC1. The molecule has 0 saturated carbocycles. The number of benzene rings is 2. The van der Waals surface area contributed by atoms with Crippen molar-refractivity contribution in [1.82, 2.24) is 9.88 Å². The van der Waals surface area contributed by atoms with E-state index in [0.717, 1.165) is 11.1 Å². The normalized spacial score (nSPS) is 12.8. The minimum atomic E-state index is -0.538. The van der Waals surface area contributed by atoms with E-state index in [1.54, 1.807) is 41.3 Å². The lowest BCUT2D eigenvalue weighted by Crippen LogP contribution is -2.38. The van der Waals surface area contributed by atoms with Gasteiger partial charge in [0.1, 0.15) is 11.9 Å². The molecule has 0 radical (unpaired) electrons. The monoisotopic (exact) mass is 456 g/mol. The van der Waals surface area contributed by atoms with Gasteiger partial charge < -0.3 is 15.5 Å². The molecular weight excluding hydrogens is 435 g/mol. The molecule has 4 rings (SSSR count). The highest BCUT2D eigenvalue weighted by atomic mass is 19.1. The van der Waals surface area contributed by atoms with E-state index in [2.05, 4.69) is 20.9 Å². The van der Waals surface area contributed by atoms with Gasteiger partial charge in [0.05, 0.1) is 11.3 Å². The molecule has 0 aliphatic carbocycles. The van der Waals surface area contributed by atoms with E-state index in [4.69, 9.17) is 5.26 Å². The fourth-order valence-corrected chi connectivity index (χ4v) is 3.51. The standard InChI is InChI=1S/C25H21FN6O2/c26-21-5-1-2-6-22(21)30-24(33)29-20-9-7-17(8-10-20)18-11-14-32(15-12-18)25(34)31-23-19(16-27)4-3-13-28-23/h1-11,13H,12,14-15H2,(H,28,31,34)(H2,29,30,33). The smallest absolute Gasteiger partial charge is 0.320 e. The van der Waals surface area contributed by atoms with Crippen LogP contribution in [0.25, 0.3) is 5.57 Å². The largest absolute Gasteiger partial charge is 0.323 e. The first-order valence-corrected chi connectivity index (χ1v) is 10.6. The number of rotatable bonds is 4. The van der Waals surface area contributed by atoms with Gasteiger partial charge >= 0.3 is 12.1 Å². The molecule has 34 heavy (non-hydrogen) atoms. The van der Waals surface area contributed by atoms with Gasteiger partial charge in [-0.1, -0.05) is 30.3 Å². The molecule has 3 N–H and O–H groups in total. The van der Waals surface area contributed by atoms with Crippen molar-refractivity contribution in [3.05, 3.63) is 89.9 Å². The van der Waals surface area contributed by atoms with Gasteiger partial charge in [0, 0.05) is 25.0 Å². The van der Waals surface area contributed by atoms with E-state index >= 15 is 0 Å². The van der Waals surface area contributed by atoms with E-state index in [1.165, 1.54) is 18.3 Å². The maximum Gasteiger partial charge on any atom is 0.323 e. The zero-order valence-corrected chi connectivity index (χ0v) is 18.1. The summed E-state index contributed by atoms with van der Waals surface area (Å²) in [6.45, 7) is 0.929. The van der Waals surface area contributed by atoms with Crippen LogP contribution in [0.1, 0.15) is 17.5 Å². The predicted octanol–water partition coefficient (Wildman–Crippen LogP) is 5.06. The van der Waals surface area contributed by atoms with Gasteiger partial charge in [0.25, 0.3) is 0 Å². The fourth-order valence-electron chi connectivity index (χ4n) is 3.51. The van der Waals surface area contributed by atoms with Crippen LogP contribution in [0.5, 0.6) is 0 Å². The molecular formula is C25H21FN6O2. The summed E-state index contributed by atoms with van der Waals surface area (Å²) < 4.78 is 13.7. The average molecular weight is 456 g/mol. The zero-order valence-electron chi connectivity index (χ0n) is 18.1. The number of urea groups is 2. The summed E-state index contributed by atoms with van der Waals surface area (Å²) in [5.41, 5.74) is 3.04. The van der Waals surface area contributed by atoms with Crippen LogP contribution in [0, 0.1) is 17.1 Å². The lowest BCUT2D eigenvalue weighted by molar-refractivity contribution is 0.217. The van der Waals surface area contributed by atoms with E-state index < -0.39 is 11.8 Å². The molecule has 2 aromatic carbocycles. The number of para-hydroxylation sites is 1. The molecule has 0 unspecified atom stereocenters. The Morgan fingerprint density at radius 2 is 1.79 bits per heavy atom. The van der Waals surface area contributed by atoms with Crippen LogP contribution >= 0.6 is 0 Å². The summed E-state index contributed by atoms with van der Waals surface area (Å²) in [5, 5.41) is 17.0. The summed E-state index contributed by atoms with van der Waals surface area (Å²) in [4.78, 5) is 30.4. The topological polar surface area (TPSA) is 110 Å². The molecule has 1 aromatic heterocycles. The molecule has 0 spiro atoms. The van der Waals surface area contributed by atoms with Gasteiger partial charge in [-0.05, 0) is 54.0 Å². The Morgan fingerprint density at radius 1 is 1.00 bits per heavy atom. The van der Waals surface area contributed by atoms with Crippen LogP contribution in [0.2, 0.25) is 0 Å². The Bertz CT molecular complexity index is 1280. The van der Waals surface area contributed by atoms with E-state index in [1.807, 2.05) is 24.3 Å². The highest BCUT2D eigenvalue weighted by Gasteiger charge is 2.19. The third-order valence-corrected chi connectivity index (χ3v) is 5.29. The second kappa shape index (κ2) is 10.3. The summed E-state index contributed by atoms with van der Waals surface area (Å²) in [7, 11) is 0. The van der Waals surface area contributed by atoms with Crippen molar-refractivity contribution in [3.63, 3.8) is 0 Å². The first kappa shape index (κ1) is 22.5. The van der Waals surface area contributed by atoms with Crippen LogP contribution in [0.15, 0.2) is 72.9 Å². The Labute approximate surface area is 195 Å². The van der Waals surface area contributed by atoms with Crippen LogP contribution in [-0.4, -0.2) is 35.0 Å². The molecule has 1 aliphatic heterocycles. The molecule has 0 saturated heterocycles. The average Bonchev–Trinajstić information content (AvgIpc) is 2.86. The Hall–Kier alpha value is -4.71. The Balaban J connectivity index is 1.33. The number of amides is 4. The van der Waals surface area contributed by atoms with Crippen molar-refractivity contribution in [2.24, 2.45) is 0 Å². The number of nitrogens with zero attached hydrogens (tertiary/aromatic N) is 3. The van der Waals surface area contributed by atoms with Crippen LogP contribution in [0.4, 0.5) is 31.2 Å². The fraction of sp³-hybridized carbons (Fsp3) is 0.120. The third kappa shape index (κ3) is 5.37. The van der Waals surface area contributed by atoms with Crippen molar-refractivity contribution in [3.8, 4) is 6.07 Å². The molecule has 170 valence electrons. The summed E-state index contributed by atoms with van der Waals surface area (Å²) in [6, 6.07) is 17.6. The minimum Gasteiger partial charge on any atom is -0.320 e. The van der Waals surface area contributed by atoms with E-state index in [0.29, 0.717) is 30.8 Å². The minimum absolute atomic E-state index is 0.101. The lowest BCUT2D eigenvalue weighted by Gasteiger charge is -2.27. The molecule has 3 aromatic rings.